The highest BCUT2D eigenvalue weighted by molar-refractivity contribution is 5.89. The van der Waals surface area contributed by atoms with Gasteiger partial charge in [0.25, 0.3) is 0 Å². The van der Waals surface area contributed by atoms with E-state index in [4.69, 9.17) is 5.26 Å². The molecule has 27 heavy (non-hydrogen) atoms. The second-order valence-corrected chi connectivity index (χ2v) is 7.45. The summed E-state index contributed by atoms with van der Waals surface area (Å²) in [5.41, 5.74) is 2.26. The molecule has 0 heterocycles. The van der Waals surface area contributed by atoms with Gasteiger partial charge >= 0.3 is 6.03 Å². The van der Waals surface area contributed by atoms with E-state index in [0.29, 0.717) is 11.5 Å². The molecule has 4 rings (SSSR count). The van der Waals surface area contributed by atoms with Crippen LogP contribution >= 0.6 is 0 Å². The van der Waals surface area contributed by atoms with Crippen LogP contribution in [-0.4, -0.2) is 12.1 Å². The maximum Gasteiger partial charge on any atom is 0.319 e. The maximum atomic E-state index is 13.2. The number of anilines is 1. The second kappa shape index (κ2) is 6.66. The molecule has 0 aromatic heterocycles. The third-order valence-corrected chi connectivity index (χ3v) is 5.82. The zero-order chi connectivity index (χ0) is 19.0. The van der Waals surface area contributed by atoms with Gasteiger partial charge in [-0.25, -0.2) is 13.6 Å². The van der Waals surface area contributed by atoms with E-state index >= 15 is 0 Å². The molecule has 3 unspecified atom stereocenters. The molecule has 6 heteroatoms. The van der Waals surface area contributed by atoms with E-state index in [0.717, 1.165) is 37.8 Å². The van der Waals surface area contributed by atoms with Crippen LogP contribution in [0.3, 0.4) is 0 Å². The number of carbonyl (C=O) groups is 1. The summed E-state index contributed by atoms with van der Waals surface area (Å²) in [6.07, 6.45) is 3.76. The first-order valence-electron chi connectivity index (χ1n) is 9.03. The number of halogens is 2. The van der Waals surface area contributed by atoms with Gasteiger partial charge < -0.3 is 10.6 Å². The predicted octanol–water partition coefficient (Wildman–Crippen LogP) is 4.47. The molecule has 0 bridgehead atoms. The highest BCUT2D eigenvalue weighted by Gasteiger charge is 2.57. The zero-order valence-corrected chi connectivity index (χ0v) is 14.6. The number of rotatable bonds is 3. The molecule has 2 N–H and O–H groups in total. The predicted molar refractivity (Wildman–Crippen MR) is 97.1 cm³/mol. The summed E-state index contributed by atoms with van der Waals surface area (Å²) in [4.78, 5) is 12.2. The normalized spacial score (nSPS) is 25.8. The molecular weight excluding hydrogens is 348 g/mol. The molecule has 3 atom stereocenters. The molecule has 2 aromatic carbocycles. The van der Waals surface area contributed by atoms with Crippen molar-refractivity contribution in [3.8, 4) is 6.07 Å². The van der Waals surface area contributed by atoms with Crippen LogP contribution in [0.5, 0.6) is 0 Å². The molecule has 2 aliphatic carbocycles. The van der Waals surface area contributed by atoms with Crippen LogP contribution in [0.4, 0.5) is 19.3 Å². The van der Waals surface area contributed by atoms with Gasteiger partial charge in [0.15, 0.2) is 11.6 Å². The third-order valence-electron chi connectivity index (χ3n) is 5.82. The number of carbonyl (C=O) groups excluding carboxylic acids is 1. The fourth-order valence-corrected chi connectivity index (χ4v) is 4.34. The van der Waals surface area contributed by atoms with E-state index in [1.165, 1.54) is 11.6 Å². The first-order chi connectivity index (χ1) is 13.0. The lowest BCUT2D eigenvalue weighted by atomic mass is 9.80. The Bertz CT molecular complexity index is 939. The number of nitrogens with zero attached hydrogens (tertiary/aromatic N) is 1. The minimum absolute atomic E-state index is 0.0510. The molecule has 138 valence electrons. The van der Waals surface area contributed by atoms with Crippen molar-refractivity contribution in [2.24, 2.45) is 5.92 Å². The Morgan fingerprint density at radius 2 is 2.04 bits per heavy atom. The monoisotopic (exact) mass is 367 g/mol. The third kappa shape index (κ3) is 3.37. The van der Waals surface area contributed by atoms with Gasteiger partial charge in [-0.3, -0.25) is 0 Å². The number of hydrogen-bond acceptors (Lipinski definition) is 2. The minimum Gasteiger partial charge on any atom is -0.335 e. The lowest BCUT2D eigenvalue weighted by molar-refractivity contribution is 0.242. The average molecular weight is 367 g/mol. The van der Waals surface area contributed by atoms with Crippen molar-refractivity contribution in [3.63, 3.8) is 0 Å². The first-order valence-corrected chi connectivity index (χ1v) is 9.03. The Balaban J connectivity index is 1.35. The summed E-state index contributed by atoms with van der Waals surface area (Å²) >= 11 is 0. The number of fused-ring (bicyclic) bond motifs is 1. The number of hydrogen-bond donors (Lipinski definition) is 2. The second-order valence-electron chi connectivity index (χ2n) is 7.45. The first kappa shape index (κ1) is 17.5. The SMILES string of the molecule is N#Cc1cccc(C23CCC(NC(=O)Nc4ccc(F)c(F)c4)CC2C3)c1. The van der Waals surface area contributed by atoms with Crippen LogP contribution in [0.25, 0.3) is 0 Å². The number of nitrogens with one attached hydrogen (secondary N) is 2. The topological polar surface area (TPSA) is 64.9 Å². The van der Waals surface area contributed by atoms with Crippen LogP contribution < -0.4 is 10.6 Å². The Hall–Kier alpha value is -2.94. The summed E-state index contributed by atoms with van der Waals surface area (Å²) < 4.78 is 26.2. The number of nitriles is 1. The molecule has 2 amide bonds. The maximum absolute atomic E-state index is 13.2. The van der Waals surface area contributed by atoms with Crippen molar-refractivity contribution < 1.29 is 13.6 Å². The van der Waals surface area contributed by atoms with Crippen molar-refractivity contribution in [1.29, 1.82) is 5.26 Å². The van der Waals surface area contributed by atoms with Crippen LogP contribution in [0.15, 0.2) is 42.5 Å². The Morgan fingerprint density at radius 1 is 1.19 bits per heavy atom. The lowest BCUT2D eigenvalue weighted by Gasteiger charge is -2.29. The quantitative estimate of drug-likeness (QED) is 0.841. The molecule has 0 radical (unpaired) electrons. The van der Waals surface area contributed by atoms with E-state index < -0.39 is 17.7 Å². The minimum atomic E-state index is -0.993. The summed E-state index contributed by atoms with van der Waals surface area (Å²) in [5.74, 6) is -1.44. The molecule has 0 saturated heterocycles. The van der Waals surface area contributed by atoms with Crippen LogP contribution in [0.2, 0.25) is 0 Å². The number of amides is 2. The molecule has 2 fully saturated rings. The average Bonchev–Trinajstić information content (AvgIpc) is 3.40. The Labute approximate surface area is 156 Å². The molecular formula is C21H19F2N3O. The summed E-state index contributed by atoms with van der Waals surface area (Å²) in [5, 5.41) is 14.6. The molecule has 0 aliphatic heterocycles. The van der Waals surface area contributed by atoms with Crippen molar-refractivity contribution in [2.75, 3.05) is 5.32 Å². The van der Waals surface area contributed by atoms with Crippen molar-refractivity contribution in [3.05, 3.63) is 65.2 Å². The highest BCUT2D eigenvalue weighted by atomic mass is 19.2. The van der Waals surface area contributed by atoms with Crippen molar-refractivity contribution in [2.45, 2.75) is 37.1 Å². The van der Waals surface area contributed by atoms with Gasteiger partial charge in [-0.05, 0) is 66.8 Å². The fraction of sp³-hybridized carbons (Fsp3) is 0.333. The fourth-order valence-electron chi connectivity index (χ4n) is 4.34. The molecule has 2 saturated carbocycles. The number of benzene rings is 2. The smallest absolute Gasteiger partial charge is 0.319 e. The summed E-state index contributed by atoms with van der Waals surface area (Å²) in [6.45, 7) is 0. The van der Waals surface area contributed by atoms with Gasteiger partial charge in [-0.15, -0.1) is 0 Å². The van der Waals surface area contributed by atoms with Gasteiger partial charge in [0.2, 0.25) is 0 Å². The van der Waals surface area contributed by atoms with Gasteiger partial charge in [0.05, 0.1) is 11.6 Å². The summed E-state index contributed by atoms with van der Waals surface area (Å²) in [7, 11) is 0. The van der Waals surface area contributed by atoms with E-state index in [1.54, 1.807) is 0 Å². The van der Waals surface area contributed by atoms with E-state index in [2.05, 4.69) is 22.8 Å². The summed E-state index contributed by atoms with van der Waals surface area (Å²) in [6, 6.07) is 12.9. The molecule has 4 nitrogen and oxygen atoms in total. The molecule has 0 spiro atoms. The van der Waals surface area contributed by atoms with Gasteiger partial charge in [0, 0.05) is 17.8 Å². The Morgan fingerprint density at radius 3 is 2.78 bits per heavy atom. The van der Waals surface area contributed by atoms with E-state index in [9.17, 15) is 13.6 Å². The van der Waals surface area contributed by atoms with Gasteiger partial charge in [-0.1, -0.05) is 12.1 Å². The number of urea groups is 1. The van der Waals surface area contributed by atoms with E-state index in [-0.39, 0.29) is 17.1 Å². The molecule has 2 aromatic rings. The van der Waals surface area contributed by atoms with E-state index in [1.807, 2.05) is 18.2 Å². The van der Waals surface area contributed by atoms with Crippen molar-refractivity contribution in [1.82, 2.24) is 5.32 Å². The van der Waals surface area contributed by atoms with Gasteiger partial charge in [0.1, 0.15) is 0 Å². The Kier molecular flexibility index (Phi) is 4.31. The molecule has 2 aliphatic rings. The van der Waals surface area contributed by atoms with Gasteiger partial charge in [-0.2, -0.15) is 5.26 Å². The van der Waals surface area contributed by atoms with Crippen LogP contribution in [-0.2, 0) is 5.41 Å². The standard InChI is InChI=1S/C21H19F2N3O/c22-18-5-4-16(10-19(18)23)25-20(27)26-17-6-7-21(11-15(21)9-17)14-3-1-2-13(8-14)12-24/h1-5,8,10,15,17H,6-7,9,11H2,(H2,25,26,27). The van der Waals surface area contributed by atoms with Crippen molar-refractivity contribution >= 4 is 11.7 Å². The van der Waals surface area contributed by atoms with Crippen LogP contribution in [0.1, 0.15) is 36.8 Å². The van der Waals surface area contributed by atoms with Crippen LogP contribution in [0, 0.1) is 28.9 Å². The zero-order valence-electron chi connectivity index (χ0n) is 14.6. The lowest BCUT2D eigenvalue weighted by Crippen LogP contribution is -2.41. The largest absolute Gasteiger partial charge is 0.335 e. The highest BCUT2D eigenvalue weighted by Crippen LogP contribution is 2.62.